The quantitative estimate of drug-likeness (QED) is 0.791. The maximum atomic E-state index is 11.9. The number of carbonyl (C=O) groups excluding carboxylic acids is 1. The Kier molecular flexibility index (Phi) is 3.99. The molecule has 1 aliphatic rings. The Morgan fingerprint density at radius 1 is 1.56 bits per heavy atom. The molecule has 1 heterocycles. The molecule has 0 spiro atoms. The average molecular weight is 249 g/mol. The Bertz CT molecular complexity index is 457. The molecule has 4 nitrogen and oxygen atoms in total. The predicted octanol–water partition coefficient (Wildman–Crippen LogP) is 1.24. The molecule has 0 amide bonds. The first-order valence-corrected chi connectivity index (χ1v) is 6.30. The van der Waals surface area contributed by atoms with E-state index in [1.807, 2.05) is 13.0 Å². The van der Waals surface area contributed by atoms with Crippen LogP contribution in [0, 0.1) is 6.92 Å². The third kappa shape index (κ3) is 2.40. The summed E-state index contributed by atoms with van der Waals surface area (Å²) < 4.78 is 5.08. The van der Waals surface area contributed by atoms with Gasteiger partial charge >= 0.3 is 5.97 Å². The average Bonchev–Trinajstić information content (AvgIpc) is 2.37. The lowest BCUT2D eigenvalue weighted by Gasteiger charge is -2.26. The summed E-state index contributed by atoms with van der Waals surface area (Å²) in [5.41, 5.74) is 4.04. The van der Waals surface area contributed by atoms with Gasteiger partial charge in [0.2, 0.25) is 0 Å². The van der Waals surface area contributed by atoms with Gasteiger partial charge in [0.15, 0.2) is 0 Å². The highest BCUT2D eigenvalue weighted by Gasteiger charge is 2.27. The standard InChI is InChI=1S/C14H19NO3/c1-3-18-14(17)13-12-7-11(8-16)9(2)6-10(12)4-5-15-13/h6-7,13,15-16H,3-5,8H2,1-2H3. The van der Waals surface area contributed by atoms with Crippen LogP contribution in [0.3, 0.4) is 0 Å². The van der Waals surface area contributed by atoms with Gasteiger partial charge in [-0.25, -0.2) is 4.79 Å². The van der Waals surface area contributed by atoms with Crippen LogP contribution < -0.4 is 5.32 Å². The number of esters is 1. The van der Waals surface area contributed by atoms with Gasteiger partial charge in [0, 0.05) is 6.54 Å². The minimum absolute atomic E-state index is 0.00530. The van der Waals surface area contributed by atoms with Crippen LogP contribution in [-0.2, 0) is 22.6 Å². The summed E-state index contributed by atoms with van der Waals surface area (Å²) in [6.07, 6.45) is 0.901. The Balaban J connectivity index is 2.38. The van der Waals surface area contributed by atoms with Gasteiger partial charge in [0.25, 0.3) is 0 Å². The number of carbonyl (C=O) groups is 1. The lowest BCUT2D eigenvalue weighted by atomic mass is 9.90. The number of aryl methyl sites for hydroxylation is 1. The molecular weight excluding hydrogens is 230 g/mol. The van der Waals surface area contributed by atoms with Gasteiger partial charge in [0.05, 0.1) is 13.2 Å². The lowest BCUT2D eigenvalue weighted by molar-refractivity contribution is -0.146. The molecule has 2 rings (SSSR count). The van der Waals surface area contributed by atoms with Crippen molar-refractivity contribution in [1.82, 2.24) is 5.32 Å². The van der Waals surface area contributed by atoms with Crippen molar-refractivity contribution in [3.05, 3.63) is 34.4 Å². The fourth-order valence-electron chi connectivity index (χ4n) is 2.38. The van der Waals surface area contributed by atoms with Crippen LogP contribution in [0.5, 0.6) is 0 Å². The molecule has 2 N–H and O–H groups in total. The molecule has 4 heteroatoms. The highest BCUT2D eigenvalue weighted by atomic mass is 16.5. The monoisotopic (exact) mass is 249 g/mol. The highest BCUT2D eigenvalue weighted by molar-refractivity contribution is 5.78. The number of rotatable bonds is 3. The van der Waals surface area contributed by atoms with Crippen molar-refractivity contribution in [3.63, 3.8) is 0 Å². The Labute approximate surface area is 107 Å². The number of hydrogen-bond acceptors (Lipinski definition) is 4. The Morgan fingerprint density at radius 3 is 3.00 bits per heavy atom. The molecule has 1 atom stereocenters. The van der Waals surface area contributed by atoms with Gasteiger partial charge in [-0.2, -0.15) is 0 Å². The van der Waals surface area contributed by atoms with Crippen molar-refractivity contribution in [2.24, 2.45) is 0 Å². The van der Waals surface area contributed by atoms with Gasteiger partial charge < -0.3 is 15.2 Å². The van der Waals surface area contributed by atoms with E-state index in [9.17, 15) is 9.90 Å². The Morgan fingerprint density at radius 2 is 2.33 bits per heavy atom. The van der Waals surface area contributed by atoms with Crippen LogP contribution in [0.2, 0.25) is 0 Å². The van der Waals surface area contributed by atoms with Crippen molar-refractivity contribution in [2.45, 2.75) is 32.9 Å². The molecule has 18 heavy (non-hydrogen) atoms. The van der Waals surface area contributed by atoms with Crippen molar-refractivity contribution >= 4 is 5.97 Å². The van der Waals surface area contributed by atoms with E-state index in [-0.39, 0.29) is 12.6 Å². The fraction of sp³-hybridized carbons (Fsp3) is 0.500. The number of fused-ring (bicyclic) bond motifs is 1. The zero-order valence-corrected chi connectivity index (χ0v) is 10.8. The molecule has 0 aliphatic carbocycles. The minimum atomic E-state index is -0.403. The van der Waals surface area contributed by atoms with Crippen LogP contribution in [0.25, 0.3) is 0 Å². The maximum absolute atomic E-state index is 11.9. The minimum Gasteiger partial charge on any atom is -0.465 e. The fourth-order valence-corrected chi connectivity index (χ4v) is 2.38. The van der Waals surface area contributed by atoms with Gasteiger partial charge in [0.1, 0.15) is 6.04 Å². The summed E-state index contributed by atoms with van der Waals surface area (Å²) in [7, 11) is 0. The Hall–Kier alpha value is -1.39. The zero-order valence-electron chi connectivity index (χ0n) is 10.8. The van der Waals surface area contributed by atoms with Crippen LogP contribution in [0.15, 0.2) is 12.1 Å². The van der Waals surface area contributed by atoms with Gasteiger partial charge in [-0.15, -0.1) is 0 Å². The van der Waals surface area contributed by atoms with E-state index in [4.69, 9.17) is 4.74 Å². The van der Waals surface area contributed by atoms with Crippen LogP contribution >= 0.6 is 0 Å². The normalized spacial score (nSPS) is 18.3. The van der Waals surface area contributed by atoms with Crippen LogP contribution in [-0.4, -0.2) is 24.2 Å². The third-order valence-corrected chi connectivity index (χ3v) is 3.34. The molecule has 1 aromatic carbocycles. The molecule has 0 aromatic heterocycles. The van der Waals surface area contributed by atoms with Gasteiger partial charge in [-0.05, 0) is 42.5 Å². The van der Waals surface area contributed by atoms with Crippen molar-refractivity contribution < 1.29 is 14.6 Å². The molecule has 1 aliphatic heterocycles. The maximum Gasteiger partial charge on any atom is 0.327 e. The summed E-state index contributed by atoms with van der Waals surface area (Å²) in [5, 5.41) is 12.5. The van der Waals surface area contributed by atoms with E-state index in [0.717, 1.165) is 29.7 Å². The van der Waals surface area contributed by atoms with Gasteiger partial charge in [-0.3, -0.25) is 0 Å². The summed E-state index contributed by atoms with van der Waals surface area (Å²) >= 11 is 0. The first kappa shape index (κ1) is 13.1. The van der Waals surface area contributed by atoms with Gasteiger partial charge in [-0.1, -0.05) is 12.1 Å². The largest absolute Gasteiger partial charge is 0.465 e. The molecule has 1 aromatic rings. The summed E-state index contributed by atoms with van der Waals surface area (Å²) in [6, 6.07) is 3.58. The number of benzene rings is 1. The number of ether oxygens (including phenoxy) is 1. The summed E-state index contributed by atoms with van der Waals surface area (Å²) in [6.45, 7) is 4.93. The first-order valence-electron chi connectivity index (χ1n) is 6.30. The highest BCUT2D eigenvalue weighted by Crippen LogP contribution is 2.27. The number of hydrogen-bond donors (Lipinski definition) is 2. The molecular formula is C14H19NO3. The molecule has 0 radical (unpaired) electrons. The smallest absolute Gasteiger partial charge is 0.327 e. The van der Waals surface area contributed by atoms with Crippen molar-refractivity contribution in [2.75, 3.05) is 13.2 Å². The molecule has 98 valence electrons. The van der Waals surface area contributed by atoms with E-state index >= 15 is 0 Å². The predicted molar refractivity (Wildman–Crippen MR) is 68.2 cm³/mol. The van der Waals surface area contributed by atoms with E-state index in [2.05, 4.69) is 11.4 Å². The summed E-state index contributed by atoms with van der Waals surface area (Å²) in [4.78, 5) is 11.9. The second-order valence-corrected chi connectivity index (χ2v) is 4.52. The molecule has 1 unspecified atom stereocenters. The SMILES string of the molecule is CCOC(=O)C1NCCc2cc(C)c(CO)cc21. The third-order valence-electron chi connectivity index (χ3n) is 3.34. The van der Waals surface area contributed by atoms with Crippen molar-refractivity contribution in [3.8, 4) is 0 Å². The van der Waals surface area contributed by atoms with E-state index in [1.165, 1.54) is 5.56 Å². The second-order valence-electron chi connectivity index (χ2n) is 4.52. The van der Waals surface area contributed by atoms with E-state index < -0.39 is 6.04 Å². The van der Waals surface area contributed by atoms with Crippen LogP contribution in [0.4, 0.5) is 0 Å². The lowest BCUT2D eigenvalue weighted by Crippen LogP contribution is -2.36. The zero-order chi connectivity index (χ0) is 13.1. The topological polar surface area (TPSA) is 58.6 Å². The van der Waals surface area contributed by atoms with E-state index in [0.29, 0.717) is 6.61 Å². The molecule has 0 saturated heterocycles. The summed E-state index contributed by atoms with van der Waals surface area (Å²) in [5.74, 6) is -0.244. The first-order chi connectivity index (χ1) is 8.67. The molecule has 0 bridgehead atoms. The molecule has 0 fully saturated rings. The number of aliphatic hydroxyl groups excluding tert-OH is 1. The van der Waals surface area contributed by atoms with Crippen LogP contribution in [0.1, 0.15) is 35.2 Å². The number of aliphatic hydroxyl groups is 1. The van der Waals surface area contributed by atoms with Crippen molar-refractivity contribution in [1.29, 1.82) is 0 Å². The van der Waals surface area contributed by atoms with E-state index in [1.54, 1.807) is 6.92 Å². The number of nitrogens with one attached hydrogen (secondary N) is 1. The second kappa shape index (κ2) is 5.50. The molecule has 0 saturated carbocycles.